The van der Waals surface area contributed by atoms with Crippen molar-refractivity contribution in [1.29, 1.82) is 0 Å². The summed E-state index contributed by atoms with van der Waals surface area (Å²) in [5.41, 5.74) is -2.46. The van der Waals surface area contributed by atoms with Crippen molar-refractivity contribution >= 4 is 11.8 Å². The molecule has 0 aromatic heterocycles. The van der Waals surface area contributed by atoms with Crippen molar-refractivity contribution in [3.63, 3.8) is 0 Å². The number of carbonyl (C=O) groups is 2. The van der Waals surface area contributed by atoms with E-state index in [1.165, 1.54) is 0 Å². The molecule has 1 spiro atoms. The number of alkyl halides is 3. The fourth-order valence-corrected chi connectivity index (χ4v) is 4.09. The molecule has 1 aliphatic carbocycles. The highest BCUT2D eigenvalue weighted by atomic mass is 19.4. The summed E-state index contributed by atoms with van der Waals surface area (Å²) in [5, 5.41) is 2.86. The quantitative estimate of drug-likeness (QED) is 0.737. The predicted octanol–water partition coefficient (Wildman–Crippen LogP) is 2.01. The fraction of sp³-hybridized carbons (Fsp3) is 0.579. The average molecular weight is 434 g/mol. The van der Waals surface area contributed by atoms with Crippen LogP contribution in [0.2, 0.25) is 0 Å². The topological polar surface area (TPSA) is 67.9 Å². The van der Waals surface area contributed by atoms with Crippen LogP contribution < -0.4 is 5.32 Å². The van der Waals surface area contributed by atoms with E-state index in [2.05, 4.69) is 5.32 Å². The first kappa shape index (κ1) is 21.0. The molecule has 2 saturated heterocycles. The summed E-state index contributed by atoms with van der Waals surface area (Å²) < 4.78 is 75.8. The van der Waals surface area contributed by atoms with E-state index in [0.717, 1.165) is 0 Å². The first-order valence-corrected chi connectivity index (χ1v) is 9.41. The number of likely N-dealkylation sites (tertiary alicyclic amines) is 1. The van der Waals surface area contributed by atoms with Gasteiger partial charge in [-0.25, -0.2) is 8.78 Å². The lowest BCUT2D eigenvalue weighted by Gasteiger charge is -2.51. The second kappa shape index (κ2) is 7.45. The van der Waals surface area contributed by atoms with Gasteiger partial charge in [-0.05, 0) is 25.0 Å². The van der Waals surface area contributed by atoms with E-state index in [1.54, 1.807) is 4.90 Å². The molecule has 0 atom stereocenters. The molecule has 6 nitrogen and oxygen atoms in total. The third-order valence-electron chi connectivity index (χ3n) is 5.72. The second-order valence-corrected chi connectivity index (χ2v) is 8.02. The molecule has 0 unspecified atom stereocenters. The normalized spacial score (nSPS) is 26.9. The Hall–Kier alpha value is -2.27. The smallest absolute Gasteiger partial charge is 0.370 e. The Labute approximate surface area is 168 Å². The van der Waals surface area contributed by atoms with Gasteiger partial charge in [0.25, 0.3) is 0 Å². The SMILES string of the molecule is O=C1COC[C@]2(C[C@H](C(=O)N3CC(OCc4cc(F)c(C(F)(F)F)cc4F)C3)C2)N1. The molecule has 2 aliphatic heterocycles. The number of hydrogen-bond acceptors (Lipinski definition) is 4. The van der Waals surface area contributed by atoms with E-state index < -0.39 is 41.6 Å². The molecule has 3 fully saturated rings. The van der Waals surface area contributed by atoms with E-state index in [-0.39, 0.29) is 49.1 Å². The maximum atomic E-state index is 13.8. The van der Waals surface area contributed by atoms with Gasteiger partial charge in [0.2, 0.25) is 11.8 Å². The first-order chi connectivity index (χ1) is 14.1. The Morgan fingerprint density at radius 2 is 1.93 bits per heavy atom. The van der Waals surface area contributed by atoms with E-state index >= 15 is 0 Å². The summed E-state index contributed by atoms with van der Waals surface area (Å²) in [6.45, 7) is 0.522. The summed E-state index contributed by atoms with van der Waals surface area (Å²) in [4.78, 5) is 25.5. The van der Waals surface area contributed by atoms with Crippen LogP contribution in [-0.4, -0.2) is 54.7 Å². The van der Waals surface area contributed by atoms with Crippen molar-refractivity contribution in [3.8, 4) is 0 Å². The molecule has 2 amide bonds. The number of nitrogens with zero attached hydrogens (tertiary/aromatic N) is 1. The molecule has 30 heavy (non-hydrogen) atoms. The fourth-order valence-electron chi connectivity index (χ4n) is 4.09. The number of amides is 2. The predicted molar refractivity (Wildman–Crippen MR) is 90.9 cm³/mol. The van der Waals surface area contributed by atoms with Crippen molar-refractivity contribution in [2.75, 3.05) is 26.3 Å². The minimum atomic E-state index is -4.98. The molecule has 1 aromatic carbocycles. The average Bonchev–Trinajstić information content (AvgIpc) is 2.59. The summed E-state index contributed by atoms with van der Waals surface area (Å²) in [6, 6.07) is 0.596. The van der Waals surface area contributed by atoms with Gasteiger partial charge in [-0.15, -0.1) is 0 Å². The monoisotopic (exact) mass is 434 g/mol. The lowest BCUT2D eigenvalue weighted by Crippen LogP contribution is -2.67. The molecule has 4 rings (SSSR count). The van der Waals surface area contributed by atoms with Crippen LogP contribution in [0.5, 0.6) is 0 Å². The summed E-state index contributed by atoms with van der Waals surface area (Å²) in [5.74, 6) is -3.27. The number of morpholine rings is 1. The molecule has 0 bridgehead atoms. The van der Waals surface area contributed by atoms with Gasteiger partial charge in [0.15, 0.2) is 0 Å². The number of nitrogens with one attached hydrogen (secondary N) is 1. The molecule has 3 aliphatic rings. The highest BCUT2D eigenvalue weighted by Gasteiger charge is 2.52. The van der Waals surface area contributed by atoms with Crippen LogP contribution in [0, 0.1) is 17.6 Å². The van der Waals surface area contributed by atoms with Gasteiger partial charge in [-0.3, -0.25) is 9.59 Å². The Bertz CT molecular complexity index is 863. The minimum Gasteiger partial charge on any atom is -0.370 e. The molecule has 164 valence electrons. The van der Waals surface area contributed by atoms with E-state index in [0.29, 0.717) is 25.5 Å². The van der Waals surface area contributed by atoms with Crippen LogP contribution in [-0.2, 0) is 31.8 Å². The molecule has 1 N–H and O–H groups in total. The van der Waals surface area contributed by atoms with Crippen LogP contribution in [0.1, 0.15) is 24.0 Å². The van der Waals surface area contributed by atoms with Gasteiger partial charge in [0.05, 0.1) is 30.4 Å². The summed E-state index contributed by atoms with van der Waals surface area (Å²) in [6.07, 6.45) is -4.40. The molecule has 11 heteroatoms. The van der Waals surface area contributed by atoms with Crippen molar-refractivity contribution in [1.82, 2.24) is 10.2 Å². The lowest BCUT2D eigenvalue weighted by atomic mass is 9.67. The molecule has 2 heterocycles. The summed E-state index contributed by atoms with van der Waals surface area (Å²) in [7, 11) is 0. The van der Waals surface area contributed by atoms with Gasteiger partial charge in [0.1, 0.15) is 18.2 Å². The number of benzene rings is 1. The number of carbonyl (C=O) groups excluding carboxylic acids is 2. The van der Waals surface area contributed by atoms with E-state index in [9.17, 15) is 31.5 Å². The van der Waals surface area contributed by atoms with Gasteiger partial charge in [-0.2, -0.15) is 13.2 Å². The van der Waals surface area contributed by atoms with Gasteiger partial charge in [-0.1, -0.05) is 0 Å². The molecular formula is C19H19F5N2O4. The molecule has 1 saturated carbocycles. The molecule has 1 aromatic rings. The zero-order chi connectivity index (χ0) is 21.7. The van der Waals surface area contributed by atoms with Crippen LogP contribution in [0.25, 0.3) is 0 Å². The Morgan fingerprint density at radius 3 is 2.57 bits per heavy atom. The Balaban J connectivity index is 1.24. The molecule has 0 radical (unpaired) electrons. The van der Waals surface area contributed by atoms with Crippen LogP contribution in [0.15, 0.2) is 12.1 Å². The standard InChI is InChI=1S/C19H19F5N2O4/c20-14-2-13(19(22,23)24)15(21)1-10(14)7-30-12-5-26(6-12)17(28)11-3-18(4-11)9-29-8-16(27)25-18/h1-2,11-12H,3-9H2,(H,25,27)/t11-,18+. The summed E-state index contributed by atoms with van der Waals surface area (Å²) >= 11 is 0. The number of hydrogen-bond donors (Lipinski definition) is 1. The van der Waals surface area contributed by atoms with Crippen molar-refractivity contribution < 1.29 is 41.0 Å². The number of halogens is 5. The van der Waals surface area contributed by atoms with Gasteiger partial charge < -0.3 is 19.7 Å². The van der Waals surface area contributed by atoms with E-state index in [4.69, 9.17) is 9.47 Å². The third kappa shape index (κ3) is 4.00. The molecular weight excluding hydrogens is 415 g/mol. The number of ether oxygens (including phenoxy) is 2. The largest absolute Gasteiger partial charge is 0.419 e. The highest BCUT2D eigenvalue weighted by Crippen LogP contribution is 2.41. The Kier molecular flexibility index (Phi) is 5.21. The highest BCUT2D eigenvalue weighted by molar-refractivity contribution is 5.83. The minimum absolute atomic E-state index is 0.0228. The van der Waals surface area contributed by atoms with Gasteiger partial charge >= 0.3 is 6.18 Å². The maximum absolute atomic E-state index is 13.8. The van der Waals surface area contributed by atoms with Gasteiger partial charge in [0, 0.05) is 24.6 Å². The van der Waals surface area contributed by atoms with Crippen LogP contribution in [0.4, 0.5) is 22.0 Å². The van der Waals surface area contributed by atoms with Crippen molar-refractivity contribution in [2.24, 2.45) is 5.92 Å². The van der Waals surface area contributed by atoms with Crippen LogP contribution in [0.3, 0.4) is 0 Å². The second-order valence-electron chi connectivity index (χ2n) is 8.02. The van der Waals surface area contributed by atoms with Crippen molar-refractivity contribution in [3.05, 3.63) is 34.9 Å². The Morgan fingerprint density at radius 1 is 1.23 bits per heavy atom. The first-order valence-electron chi connectivity index (χ1n) is 9.41. The number of rotatable bonds is 4. The van der Waals surface area contributed by atoms with Crippen LogP contribution >= 0.6 is 0 Å². The zero-order valence-corrected chi connectivity index (χ0v) is 15.7. The maximum Gasteiger partial charge on any atom is 0.419 e. The van der Waals surface area contributed by atoms with Crippen molar-refractivity contribution in [2.45, 2.75) is 37.3 Å². The van der Waals surface area contributed by atoms with E-state index in [1.807, 2.05) is 0 Å². The third-order valence-corrected chi connectivity index (χ3v) is 5.72. The lowest BCUT2D eigenvalue weighted by molar-refractivity contribution is -0.162. The zero-order valence-electron chi connectivity index (χ0n) is 15.7.